The molecule has 10 heteroatoms. The Bertz CT molecular complexity index is 542. The smallest absolute Gasteiger partial charge is 0.417 e. The SMILES string of the molecule is O=C1OCc2cc(Br)ncc2N1C(F)C(F)(F)C(F)F. The summed E-state index contributed by atoms with van der Waals surface area (Å²) in [5.41, 5.74) is -0.170. The Kier molecular flexibility index (Phi) is 3.85. The maximum Gasteiger partial charge on any atom is 0.417 e. The van der Waals surface area contributed by atoms with Gasteiger partial charge < -0.3 is 4.74 Å². The molecule has 110 valence electrons. The Balaban J connectivity index is 2.44. The molecule has 4 nitrogen and oxygen atoms in total. The van der Waals surface area contributed by atoms with E-state index in [1.165, 1.54) is 6.07 Å². The first-order chi connectivity index (χ1) is 9.25. The molecule has 0 aromatic carbocycles. The van der Waals surface area contributed by atoms with Gasteiger partial charge in [-0.2, -0.15) is 8.78 Å². The minimum absolute atomic E-state index is 0.162. The molecule has 0 spiro atoms. The number of anilines is 1. The van der Waals surface area contributed by atoms with Gasteiger partial charge in [-0.3, -0.25) is 0 Å². The fourth-order valence-corrected chi connectivity index (χ4v) is 1.97. The van der Waals surface area contributed by atoms with Crippen LogP contribution in [0.3, 0.4) is 0 Å². The number of halogens is 6. The van der Waals surface area contributed by atoms with Gasteiger partial charge in [-0.1, -0.05) is 0 Å². The van der Waals surface area contributed by atoms with Crippen LogP contribution in [-0.4, -0.2) is 29.7 Å². The van der Waals surface area contributed by atoms with Crippen LogP contribution in [-0.2, 0) is 11.3 Å². The molecule has 1 amide bonds. The average Bonchev–Trinajstić information content (AvgIpc) is 2.38. The number of rotatable bonds is 3. The van der Waals surface area contributed by atoms with E-state index in [2.05, 4.69) is 25.7 Å². The normalized spacial score (nSPS) is 16.9. The van der Waals surface area contributed by atoms with E-state index in [-0.39, 0.29) is 22.8 Å². The summed E-state index contributed by atoms with van der Waals surface area (Å²) < 4.78 is 69.0. The molecule has 1 aliphatic heterocycles. The van der Waals surface area contributed by atoms with Crippen LogP contribution in [0.4, 0.5) is 32.4 Å². The van der Waals surface area contributed by atoms with Crippen LogP contribution < -0.4 is 4.90 Å². The first-order valence-electron chi connectivity index (χ1n) is 5.15. The number of carbonyl (C=O) groups excluding carboxylic acids is 1. The second-order valence-corrected chi connectivity index (χ2v) is 4.68. The monoisotopic (exact) mass is 360 g/mol. The summed E-state index contributed by atoms with van der Waals surface area (Å²) in [6.45, 7) is -0.293. The number of hydrogen-bond donors (Lipinski definition) is 0. The van der Waals surface area contributed by atoms with E-state index in [1.54, 1.807) is 0 Å². The van der Waals surface area contributed by atoms with Crippen molar-refractivity contribution < 1.29 is 31.5 Å². The number of amides is 1. The summed E-state index contributed by atoms with van der Waals surface area (Å²) in [7, 11) is 0. The highest BCUT2D eigenvalue weighted by Gasteiger charge is 2.55. The molecule has 0 bridgehead atoms. The summed E-state index contributed by atoms with van der Waals surface area (Å²) >= 11 is 2.99. The van der Waals surface area contributed by atoms with Gasteiger partial charge in [0.2, 0.25) is 0 Å². The van der Waals surface area contributed by atoms with Gasteiger partial charge in [0.25, 0.3) is 6.30 Å². The molecule has 1 aliphatic rings. The van der Waals surface area contributed by atoms with Crippen LogP contribution in [0, 0.1) is 0 Å². The largest absolute Gasteiger partial charge is 0.444 e. The Hall–Kier alpha value is -1.45. The van der Waals surface area contributed by atoms with E-state index in [1.807, 2.05) is 0 Å². The maximum atomic E-state index is 13.7. The van der Waals surface area contributed by atoms with Gasteiger partial charge in [0.05, 0.1) is 11.9 Å². The summed E-state index contributed by atoms with van der Waals surface area (Å²) in [6, 6.07) is 1.31. The zero-order valence-corrected chi connectivity index (χ0v) is 11.1. The number of ether oxygens (including phenoxy) is 1. The summed E-state index contributed by atoms with van der Waals surface area (Å²) in [4.78, 5) is 14.9. The zero-order chi connectivity index (χ0) is 15.1. The maximum absolute atomic E-state index is 13.7. The van der Waals surface area contributed by atoms with Crippen LogP contribution in [0.1, 0.15) is 5.56 Å². The van der Waals surface area contributed by atoms with Gasteiger partial charge >= 0.3 is 18.4 Å². The van der Waals surface area contributed by atoms with Crippen LogP contribution in [0.25, 0.3) is 0 Å². The lowest BCUT2D eigenvalue weighted by atomic mass is 10.2. The second-order valence-electron chi connectivity index (χ2n) is 3.87. The Morgan fingerprint density at radius 3 is 2.65 bits per heavy atom. The molecule has 1 aromatic rings. The van der Waals surface area contributed by atoms with Crippen molar-refractivity contribution in [3.05, 3.63) is 22.4 Å². The number of hydrogen-bond acceptors (Lipinski definition) is 3. The molecular weight excluding hydrogens is 355 g/mol. The number of nitrogens with zero attached hydrogens (tertiary/aromatic N) is 2. The standard InChI is InChI=1S/C10H6BrF5N2O2/c11-6-1-4-3-20-9(19)18(5(4)2-17-6)8(14)10(15,16)7(12)13/h1-2,7-8H,3H2. The lowest BCUT2D eigenvalue weighted by Gasteiger charge is -2.33. The van der Waals surface area contributed by atoms with Crippen LogP contribution in [0.5, 0.6) is 0 Å². The molecule has 0 fully saturated rings. The second kappa shape index (κ2) is 5.15. The molecule has 0 aliphatic carbocycles. The van der Waals surface area contributed by atoms with Crippen LogP contribution >= 0.6 is 15.9 Å². The van der Waals surface area contributed by atoms with Gasteiger partial charge in [0, 0.05) is 5.56 Å². The first kappa shape index (κ1) is 14.9. The highest BCUT2D eigenvalue weighted by molar-refractivity contribution is 9.10. The number of alkyl halides is 5. The summed E-state index contributed by atoms with van der Waals surface area (Å²) in [5, 5.41) is 0. The van der Waals surface area contributed by atoms with Crippen molar-refractivity contribution in [3.63, 3.8) is 0 Å². The third-order valence-corrected chi connectivity index (χ3v) is 3.01. The van der Waals surface area contributed by atoms with E-state index in [0.717, 1.165) is 6.20 Å². The highest BCUT2D eigenvalue weighted by Crippen LogP contribution is 2.37. The Labute approximate surface area is 117 Å². The topological polar surface area (TPSA) is 42.4 Å². The van der Waals surface area contributed by atoms with Gasteiger partial charge in [-0.25, -0.2) is 27.8 Å². The van der Waals surface area contributed by atoms with Crippen LogP contribution in [0.15, 0.2) is 16.9 Å². The third-order valence-electron chi connectivity index (χ3n) is 2.58. The average molecular weight is 361 g/mol. The van der Waals surface area contributed by atoms with Crippen molar-refractivity contribution in [3.8, 4) is 0 Å². The highest BCUT2D eigenvalue weighted by atomic mass is 79.9. The van der Waals surface area contributed by atoms with Crippen molar-refractivity contribution in [1.82, 2.24) is 4.98 Å². The van der Waals surface area contributed by atoms with Gasteiger partial charge in [0.15, 0.2) is 0 Å². The van der Waals surface area contributed by atoms with E-state index in [9.17, 15) is 26.7 Å². The number of pyridine rings is 1. The third kappa shape index (κ3) is 2.43. The lowest BCUT2D eigenvalue weighted by molar-refractivity contribution is -0.169. The number of fused-ring (bicyclic) bond motifs is 1. The van der Waals surface area contributed by atoms with Crippen molar-refractivity contribution in [2.75, 3.05) is 4.90 Å². The molecular formula is C10H6BrF5N2O2. The molecule has 0 saturated heterocycles. The summed E-state index contributed by atoms with van der Waals surface area (Å²) in [5.74, 6) is -5.03. The van der Waals surface area contributed by atoms with E-state index in [4.69, 9.17) is 0 Å². The van der Waals surface area contributed by atoms with E-state index >= 15 is 0 Å². The Morgan fingerprint density at radius 2 is 2.05 bits per heavy atom. The van der Waals surface area contributed by atoms with Crippen molar-refractivity contribution in [1.29, 1.82) is 0 Å². The minimum atomic E-state index is -5.03. The van der Waals surface area contributed by atoms with Gasteiger partial charge in [-0.15, -0.1) is 0 Å². The van der Waals surface area contributed by atoms with E-state index < -0.39 is 24.7 Å². The first-order valence-corrected chi connectivity index (χ1v) is 5.95. The zero-order valence-electron chi connectivity index (χ0n) is 9.50. The molecule has 1 atom stereocenters. The van der Waals surface area contributed by atoms with Gasteiger partial charge in [0.1, 0.15) is 11.2 Å². The lowest BCUT2D eigenvalue weighted by Crippen LogP contribution is -2.53. The quantitative estimate of drug-likeness (QED) is 0.470. The molecule has 1 aromatic heterocycles. The molecule has 0 saturated carbocycles. The molecule has 2 rings (SSSR count). The fraction of sp³-hybridized carbons (Fsp3) is 0.400. The molecule has 2 heterocycles. The van der Waals surface area contributed by atoms with Crippen LogP contribution in [0.2, 0.25) is 0 Å². The molecule has 20 heavy (non-hydrogen) atoms. The molecule has 0 radical (unpaired) electrons. The molecule has 1 unspecified atom stereocenters. The van der Waals surface area contributed by atoms with Crippen molar-refractivity contribution >= 4 is 27.7 Å². The van der Waals surface area contributed by atoms with E-state index in [0.29, 0.717) is 4.60 Å². The fourth-order valence-electron chi connectivity index (χ4n) is 1.59. The molecule has 0 N–H and O–H groups in total. The number of aromatic nitrogens is 1. The minimum Gasteiger partial charge on any atom is -0.444 e. The number of cyclic esters (lactones) is 1. The summed E-state index contributed by atoms with van der Waals surface area (Å²) in [6.07, 6.45) is -8.38. The number of carbonyl (C=O) groups is 1. The Morgan fingerprint density at radius 1 is 1.40 bits per heavy atom. The predicted octanol–water partition coefficient (Wildman–Crippen LogP) is 3.50. The van der Waals surface area contributed by atoms with Crippen molar-refractivity contribution in [2.24, 2.45) is 0 Å². The predicted molar refractivity (Wildman–Crippen MR) is 60.4 cm³/mol. The van der Waals surface area contributed by atoms with Crippen molar-refractivity contribution in [2.45, 2.75) is 25.3 Å². The van der Waals surface area contributed by atoms with Gasteiger partial charge in [-0.05, 0) is 22.0 Å².